The van der Waals surface area contributed by atoms with E-state index < -0.39 is 0 Å². The third kappa shape index (κ3) is 3.99. The van der Waals surface area contributed by atoms with Crippen molar-refractivity contribution < 1.29 is 4.79 Å². The molecular formula is C19H24N6O. The van der Waals surface area contributed by atoms with Crippen LogP contribution in [0.4, 0.5) is 5.82 Å². The minimum absolute atomic E-state index is 0.0445. The number of fused-ring (bicyclic) bond motifs is 1. The van der Waals surface area contributed by atoms with Crippen molar-refractivity contribution in [2.24, 2.45) is 13.0 Å². The Labute approximate surface area is 152 Å². The molecule has 0 saturated carbocycles. The molecule has 2 aromatic heterocycles. The van der Waals surface area contributed by atoms with Crippen LogP contribution in [0.5, 0.6) is 0 Å². The molecule has 0 unspecified atom stereocenters. The highest BCUT2D eigenvalue weighted by Crippen LogP contribution is 2.20. The molecule has 0 bridgehead atoms. The van der Waals surface area contributed by atoms with Gasteiger partial charge < -0.3 is 15.2 Å². The van der Waals surface area contributed by atoms with Crippen LogP contribution >= 0.6 is 0 Å². The van der Waals surface area contributed by atoms with Gasteiger partial charge >= 0.3 is 0 Å². The number of hydrogen-bond acceptors (Lipinski definition) is 5. The minimum Gasteiger partial charge on any atom is -0.358 e. The van der Waals surface area contributed by atoms with Gasteiger partial charge in [-0.3, -0.25) is 4.79 Å². The largest absolute Gasteiger partial charge is 0.358 e. The fourth-order valence-corrected chi connectivity index (χ4v) is 2.85. The van der Waals surface area contributed by atoms with Crippen LogP contribution in [0.3, 0.4) is 0 Å². The molecule has 0 aliphatic rings. The van der Waals surface area contributed by atoms with Crippen molar-refractivity contribution >= 4 is 22.6 Å². The molecule has 136 valence electrons. The van der Waals surface area contributed by atoms with Gasteiger partial charge in [0.15, 0.2) is 0 Å². The number of imidazole rings is 1. The number of nitrogens with zero attached hydrogens (tertiary/aromatic N) is 4. The van der Waals surface area contributed by atoms with E-state index in [1.54, 1.807) is 6.20 Å². The van der Waals surface area contributed by atoms with Gasteiger partial charge in [0.1, 0.15) is 24.0 Å². The number of nitrogens with one attached hydrogen (secondary N) is 2. The van der Waals surface area contributed by atoms with E-state index in [-0.39, 0.29) is 17.9 Å². The maximum atomic E-state index is 12.7. The zero-order chi connectivity index (χ0) is 18.5. The second-order valence-corrected chi connectivity index (χ2v) is 6.60. The number of benzene rings is 1. The Morgan fingerprint density at radius 2 is 2.00 bits per heavy atom. The highest BCUT2D eigenvalue weighted by molar-refractivity contribution is 5.92. The number of rotatable bonds is 7. The van der Waals surface area contributed by atoms with Crippen LogP contribution in [-0.4, -0.2) is 38.0 Å². The van der Waals surface area contributed by atoms with E-state index in [0.29, 0.717) is 18.8 Å². The van der Waals surface area contributed by atoms with E-state index in [4.69, 9.17) is 0 Å². The summed E-state index contributed by atoms with van der Waals surface area (Å²) in [6.07, 6.45) is 5.86. The summed E-state index contributed by atoms with van der Waals surface area (Å²) in [5, 5.41) is 7.20. The predicted octanol–water partition coefficient (Wildman–Crippen LogP) is 2.16. The van der Waals surface area contributed by atoms with Crippen LogP contribution in [0.2, 0.25) is 0 Å². The lowest BCUT2D eigenvalue weighted by Gasteiger charge is -2.22. The molecule has 0 aliphatic carbocycles. The number of carbonyl (C=O) groups is 1. The van der Waals surface area contributed by atoms with Gasteiger partial charge in [0, 0.05) is 37.8 Å². The minimum atomic E-state index is -0.380. The molecule has 7 heteroatoms. The van der Waals surface area contributed by atoms with Crippen LogP contribution in [0.1, 0.15) is 19.7 Å². The molecule has 7 nitrogen and oxygen atoms in total. The third-order valence-electron chi connectivity index (χ3n) is 4.35. The van der Waals surface area contributed by atoms with E-state index in [1.165, 1.54) is 6.33 Å². The number of amides is 1. The van der Waals surface area contributed by atoms with E-state index >= 15 is 0 Å². The molecule has 2 heterocycles. The molecule has 3 aromatic rings. The SMILES string of the molecule is CC(C)[C@H](Nc1ncnc2ccccc12)C(=O)NCCc1nccn1C. The van der Waals surface area contributed by atoms with Crippen LogP contribution < -0.4 is 10.6 Å². The summed E-state index contributed by atoms with van der Waals surface area (Å²) >= 11 is 0. The van der Waals surface area contributed by atoms with E-state index in [0.717, 1.165) is 16.7 Å². The maximum Gasteiger partial charge on any atom is 0.242 e. The van der Waals surface area contributed by atoms with Gasteiger partial charge in [-0.2, -0.15) is 0 Å². The number of para-hydroxylation sites is 1. The zero-order valence-electron chi connectivity index (χ0n) is 15.3. The van der Waals surface area contributed by atoms with Gasteiger partial charge in [-0.25, -0.2) is 15.0 Å². The van der Waals surface area contributed by atoms with Crippen molar-refractivity contribution in [1.29, 1.82) is 0 Å². The van der Waals surface area contributed by atoms with Gasteiger partial charge in [0.05, 0.1) is 5.52 Å². The van der Waals surface area contributed by atoms with Crippen molar-refractivity contribution in [3.8, 4) is 0 Å². The van der Waals surface area contributed by atoms with E-state index in [1.807, 2.05) is 55.9 Å². The van der Waals surface area contributed by atoms with Crippen molar-refractivity contribution in [3.05, 3.63) is 48.8 Å². The average Bonchev–Trinajstić information content (AvgIpc) is 3.04. The second kappa shape index (κ2) is 7.95. The fourth-order valence-electron chi connectivity index (χ4n) is 2.85. The lowest BCUT2D eigenvalue weighted by atomic mass is 10.0. The van der Waals surface area contributed by atoms with Gasteiger partial charge in [-0.1, -0.05) is 26.0 Å². The van der Waals surface area contributed by atoms with Crippen molar-refractivity contribution in [2.75, 3.05) is 11.9 Å². The zero-order valence-corrected chi connectivity index (χ0v) is 15.3. The lowest BCUT2D eigenvalue weighted by molar-refractivity contribution is -0.122. The molecule has 1 amide bonds. The van der Waals surface area contributed by atoms with E-state index in [2.05, 4.69) is 25.6 Å². The van der Waals surface area contributed by atoms with Gasteiger partial charge in [0.2, 0.25) is 5.91 Å². The standard InChI is InChI=1S/C19H24N6O/c1-13(2)17(19(26)21-9-8-16-20-10-11-25(16)3)24-18-14-6-4-5-7-15(14)22-12-23-18/h4-7,10-13,17H,8-9H2,1-3H3,(H,21,26)(H,22,23,24)/t17-/m0/s1. The Bertz CT molecular complexity index is 883. The Hall–Kier alpha value is -2.96. The van der Waals surface area contributed by atoms with Crippen molar-refractivity contribution in [3.63, 3.8) is 0 Å². The Kier molecular flexibility index (Phi) is 5.46. The van der Waals surface area contributed by atoms with Crippen LogP contribution in [0.25, 0.3) is 10.9 Å². The Balaban J connectivity index is 1.68. The fraction of sp³-hybridized carbons (Fsp3) is 0.368. The molecule has 1 atom stereocenters. The molecule has 3 rings (SSSR count). The van der Waals surface area contributed by atoms with Crippen LogP contribution in [0.15, 0.2) is 43.0 Å². The van der Waals surface area contributed by atoms with Crippen LogP contribution in [-0.2, 0) is 18.3 Å². The molecule has 0 radical (unpaired) electrons. The first kappa shape index (κ1) is 17.8. The summed E-state index contributed by atoms with van der Waals surface area (Å²) in [6, 6.07) is 7.38. The molecule has 0 aliphatic heterocycles. The molecule has 26 heavy (non-hydrogen) atoms. The second-order valence-electron chi connectivity index (χ2n) is 6.60. The maximum absolute atomic E-state index is 12.7. The smallest absolute Gasteiger partial charge is 0.242 e. The summed E-state index contributed by atoms with van der Waals surface area (Å²) in [6.45, 7) is 4.57. The van der Waals surface area contributed by atoms with Gasteiger partial charge in [-0.05, 0) is 18.1 Å². The number of aryl methyl sites for hydroxylation is 1. The Morgan fingerprint density at radius 3 is 2.73 bits per heavy atom. The first-order valence-electron chi connectivity index (χ1n) is 8.76. The highest BCUT2D eigenvalue weighted by atomic mass is 16.2. The number of anilines is 1. The van der Waals surface area contributed by atoms with Gasteiger partial charge in [-0.15, -0.1) is 0 Å². The Morgan fingerprint density at radius 1 is 1.19 bits per heavy atom. The highest BCUT2D eigenvalue weighted by Gasteiger charge is 2.23. The molecule has 1 aromatic carbocycles. The molecule has 0 spiro atoms. The summed E-state index contributed by atoms with van der Waals surface area (Å²) in [5.74, 6) is 1.68. The van der Waals surface area contributed by atoms with Crippen molar-refractivity contribution in [1.82, 2.24) is 24.8 Å². The topological polar surface area (TPSA) is 84.7 Å². The lowest BCUT2D eigenvalue weighted by Crippen LogP contribution is -2.44. The van der Waals surface area contributed by atoms with Crippen LogP contribution in [0, 0.1) is 5.92 Å². The summed E-state index contributed by atoms with van der Waals surface area (Å²) in [4.78, 5) is 25.6. The third-order valence-corrected chi connectivity index (χ3v) is 4.35. The van der Waals surface area contributed by atoms with E-state index in [9.17, 15) is 4.79 Å². The normalized spacial score (nSPS) is 12.3. The number of hydrogen-bond donors (Lipinski definition) is 2. The number of aromatic nitrogens is 4. The first-order chi connectivity index (χ1) is 12.6. The monoisotopic (exact) mass is 352 g/mol. The number of carbonyl (C=O) groups excluding carboxylic acids is 1. The molecule has 2 N–H and O–H groups in total. The summed E-state index contributed by atoms with van der Waals surface area (Å²) in [7, 11) is 1.95. The quantitative estimate of drug-likeness (QED) is 0.681. The predicted molar refractivity (Wildman–Crippen MR) is 102 cm³/mol. The van der Waals surface area contributed by atoms with Gasteiger partial charge in [0.25, 0.3) is 0 Å². The average molecular weight is 352 g/mol. The molecule has 0 fully saturated rings. The summed E-state index contributed by atoms with van der Waals surface area (Å²) in [5.41, 5.74) is 0.850. The van der Waals surface area contributed by atoms with Crippen molar-refractivity contribution in [2.45, 2.75) is 26.3 Å². The first-order valence-corrected chi connectivity index (χ1v) is 8.76. The summed E-state index contributed by atoms with van der Waals surface area (Å²) < 4.78 is 1.96. The molecule has 0 saturated heterocycles. The molecular weight excluding hydrogens is 328 g/mol.